The van der Waals surface area contributed by atoms with Crippen LogP contribution in [0.1, 0.15) is 31.0 Å². The molecule has 8 heteroatoms. The van der Waals surface area contributed by atoms with E-state index in [1.54, 1.807) is 19.9 Å². The highest BCUT2D eigenvalue weighted by Gasteiger charge is 2.34. The lowest BCUT2D eigenvalue weighted by atomic mass is 9.96. The lowest BCUT2D eigenvalue weighted by molar-refractivity contribution is -0.139. The summed E-state index contributed by atoms with van der Waals surface area (Å²) in [7, 11) is 0. The van der Waals surface area contributed by atoms with Crippen LogP contribution in [0.4, 0.5) is 5.69 Å². The third-order valence-electron chi connectivity index (χ3n) is 5.51. The van der Waals surface area contributed by atoms with Crippen LogP contribution in [0.2, 0.25) is 0 Å². The van der Waals surface area contributed by atoms with Crippen LogP contribution in [0.15, 0.2) is 75.7 Å². The first-order valence-electron chi connectivity index (χ1n) is 10.2. The number of thiazole rings is 1. The smallest absolute Gasteiger partial charge is 0.338 e. The van der Waals surface area contributed by atoms with Gasteiger partial charge in [0.25, 0.3) is 11.5 Å². The van der Waals surface area contributed by atoms with E-state index in [0.717, 1.165) is 16.9 Å². The van der Waals surface area contributed by atoms with Gasteiger partial charge in [-0.3, -0.25) is 14.2 Å². The summed E-state index contributed by atoms with van der Waals surface area (Å²) in [5, 5.41) is 2.82. The van der Waals surface area contributed by atoms with E-state index >= 15 is 0 Å². The van der Waals surface area contributed by atoms with Gasteiger partial charge >= 0.3 is 5.97 Å². The third-order valence-corrected chi connectivity index (χ3v) is 6.56. The highest BCUT2D eigenvalue weighted by atomic mass is 32.1. The summed E-state index contributed by atoms with van der Waals surface area (Å²) in [6.07, 6.45) is 0. The number of allylic oxidation sites excluding steroid dienone is 1. The topological polar surface area (TPSA) is 89.8 Å². The molecule has 0 saturated heterocycles. The maximum Gasteiger partial charge on any atom is 0.338 e. The second-order valence-corrected chi connectivity index (χ2v) is 8.39. The molecule has 1 atom stereocenters. The molecule has 0 saturated carbocycles. The monoisotopic (exact) mass is 445 g/mol. The van der Waals surface area contributed by atoms with Crippen LogP contribution >= 0.6 is 11.3 Å². The van der Waals surface area contributed by atoms with Crippen LogP contribution in [0.3, 0.4) is 0 Å². The van der Waals surface area contributed by atoms with Crippen LogP contribution in [0.5, 0.6) is 0 Å². The van der Waals surface area contributed by atoms with Gasteiger partial charge in [-0.1, -0.05) is 59.9 Å². The molecule has 1 aromatic heterocycles. The number of hydrogen-bond donors (Lipinski definition) is 1. The lowest BCUT2D eigenvalue weighted by Crippen LogP contribution is -2.40. The number of ether oxygens (including phenoxy) is 1. The largest absolute Gasteiger partial charge is 0.463 e. The number of rotatable bonds is 3. The Hall–Kier alpha value is -3.78. The Labute approximate surface area is 187 Å². The van der Waals surface area contributed by atoms with Crippen molar-refractivity contribution in [3.05, 3.63) is 96.7 Å². The maximum atomic E-state index is 13.7. The van der Waals surface area contributed by atoms with Crippen LogP contribution < -0.4 is 20.2 Å². The van der Waals surface area contributed by atoms with E-state index in [1.807, 2.05) is 48.5 Å². The molecule has 32 heavy (non-hydrogen) atoms. The number of esters is 1. The summed E-state index contributed by atoms with van der Waals surface area (Å²) in [5.41, 5.74) is 2.89. The summed E-state index contributed by atoms with van der Waals surface area (Å²) < 4.78 is 7.08. The zero-order valence-electron chi connectivity index (χ0n) is 17.4. The zero-order chi connectivity index (χ0) is 22.4. The van der Waals surface area contributed by atoms with Crippen molar-refractivity contribution >= 4 is 34.5 Å². The highest BCUT2D eigenvalue weighted by Crippen LogP contribution is 2.32. The number of amides is 1. The quantitative estimate of drug-likeness (QED) is 0.626. The van der Waals surface area contributed by atoms with Crippen molar-refractivity contribution in [1.82, 2.24) is 4.57 Å². The fraction of sp³-hybridized carbons (Fsp3) is 0.167. The van der Waals surface area contributed by atoms with Crippen LogP contribution in [0, 0.1) is 0 Å². The molecule has 0 fully saturated rings. The Morgan fingerprint density at radius 1 is 1.12 bits per heavy atom. The molecule has 2 aliphatic heterocycles. The minimum Gasteiger partial charge on any atom is -0.463 e. The van der Waals surface area contributed by atoms with Gasteiger partial charge in [-0.05, 0) is 25.5 Å². The summed E-state index contributed by atoms with van der Waals surface area (Å²) in [5.74, 6) is -0.835. The molecular formula is C24H19N3O4S. The molecule has 2 aliphatic rings. The molecule has 2 aromatic carbocycles. The Balaban J connectivity index is 1.83. The molecule has 3 aromatic rings. The third kappa shape index (κ3) is 3.03. The Kier molecular flexibility index (Phi) is 4.86. The second kappa shape index (κ2) is 7.72. The average Bonchev–Trinajstić information content (AvgIpc) is 3.28. The predicted molar refractivity (Wildman–Crippen MR) is 121 cm³/mol. The van der Waals surface area contributed by atoms with Gasteiger partial charge < -0.3 is 10.1 Å². The summed E-state index contributed by atoms with van der Waals surface area (Å²) in [6, 6.07) is 15.9. The molecule has 1 N–H and O–H groups in total. The Bertz CT molecular complexity index is 1480. The number of carbonyl (C=O) groups excluding carboxylic acids is 2. The standard InChI is InChI=1S/C24H19N3O4S/c1-3-31-23(30)17-13(2)25-24-27(19(17)14-9-5-4-6-10-14)22(29)20(32-24)18-15-11-7-8-12-16(15)26-21(18)28/h4-12,19H,3H2,1-2H3,(H,26,28)/b20-18-/t19-/m1/s1. The highest BCUT2D eigenvalue weighted by molar-refractivity contribution is 7.07. The molecule has 5 rings (SSSR count). The number of para-hydroxylation sites is 1. The number of aromatic nitrogens is 1. The van der Waals surface area contributed by atoms with Gasteiger partial charge in [-0.15, -0.1) is 0 Å². The first-order chi connectivity index (χ1) is 15.5. The van der Waals surface area contributed by atoms with Gasteiger partial charge in [-0.2, -0.15) is 0 Å². The van der Waals surface area contributed by atoms with Crippen molar-refractivity contribution in [3.63, 3.8) is 0 Å². The average molecular weight is 446 g/mol. The minimum absolute atomic E-state index is 0.211. The second-order valence-electron chi connectivity index (χ2n) is 7.41. The Morgan fingerprint density at radius 2 is 1.84 bits per heavy atom. The van der Waals surface area contributed by atoms with Crippen molar-refractivity contribution in [2.24, 2.45) is 4.99 Å². The van der Waals surface area contributed by atoms with E-state index in [9.17, 15) is 14.4 Å². The minimum atomic E-state index is -0.694. The lowest BCUT2D eigenvalue weighted by Gasteiger charge is -2.24. The summed E-state index contributed by atoms with van der Waals surface area (Å²) in [6.45, 7) is 3.68. The van der Waals surface area contributed by atoms with Gasteiger partial charge in [0.2, 0.25) is 0 Å². The number of anilines is 1. The fourth-order valence-corrected chi connectivity index (χ4v) is 5.28. The molecular weight excluding hydrogens is 426 g/mol. The van der Waals surface area contributed by atoms with Crippen molar-refractivity contribution in [2.75, 3.05) is 11.9 Å². The number of nitrogens with zero attached hydrogens (tertiary/aromatic N) is 2. The predicted octanol–water partition coefficient (Wildman–Crippen LogP) is 2.12. The van der Waals surface area contributed by atoms with Gasteiger partial charge in [0.15, 0.2) is 4.80 Å². The zero-order valence-corrected chi connectivity index (χ0v) is 18.2. The number of fused-ring (bicyclic) bond motifs is 2. The van der Waals surface area contributed by atoms with Crippen LogP contribution in [-0.4, -0.2) is 23.1 Å². The number of nitrogens with one attached hydrogen (secondary N) is 1. The van der Waals surface area contributed by atoms with Crippen molar-refractivity contribution in [3.8, 4) is 0 Å². The van der Waals surface area contributed by atoms with Crippen LogP contribution in [0.25, 0.3) is 5.57 Å². The van der Waals surface area contributed by atoms with E-state index in [2.05, 4.69) is 10.3 Å². The number of carbonyl (C=O) groups is 2. The van der Waals surface area contributed by atoms with Gasteiger partial charge in [-0.25, -0.2) is 9.79 Å². The van der Waals surface area contributed by atoms with E-state index in [0.29, 0.717) is 37.4 Å². The fourth-order valence-electron chi connectivity index (χ4n) is 4.14. The first-order valence-corrected chi connectivity index (χ1v) is 11.0. The summed E-state index contributed by atoms with van der Waals surface area (Å²) in [4.78, 5) is 44.3. The number of hydrogen-bond acceptors (Lipinski definition) is 6. The molecule has 7 nitrogen and oxygen atoms in total. The molecule has 0 radical (unpaired) electrons. The van der Waals surface area contributed by atoms with Crippen molar-refractivity contribution in [1.29, 1.82) is 0 Å². The van der Waals surface area contributed by atoms with Crippen LogP contribution in [-0.2, 0) is 14.3 Å². The molecule has 1 amide bonds. The maximum absolute atomic E-state index is 13.7. The number of benzene rings is 2. The van der Waals surface area contributed by atoms with E-state index in [4.69, 9.17) is 4.74 Å². The first kappa shape index (κ1) is 20.1. The normalized spacial score (nSPS) is 18.6. The summed E-state index contributed by atoms with van der Waals surface area (Å²) >= 11 is 1.16. The van der Waals surface area contributed by atoms with Crippen molar-refractivity contribution in [2.45, 2.75) is 19.9 Å². The molecule has 0 spiro atoms. The van der Waals surface area contributed by atoms with Gasteiger partial charge in [0.05, 0.1) is 29.5 Å². The van der Waals surface area contributed by atoms with E-state index in [1.165, 1.54) is 4.57 Å². The Morgan fingerprint density at radius 3 is 2.59 bits per heavy atom. The molecule has 0 aliphatic carbocycles. The molecule has 0 unspecified atom stereocenters. The van der Waals surface area contributed by atoms with E-state index < -0.39 is 12.0 Å². The van der Waals surface area contributed by atoms with E-state index in [-0.39, 0.29) is 18.1 Å². The van der Waals surface area contributed by atoms with Gasteiger partial charge in [0.1, 0.15) is 4.53 Å². The molecule has 160 valence electrons. The van der Waals surface area contributed by atoms with Crippen molar-refractivity contribution < 1.29 is 14.3 Å². The SMILES string of the molecule is CCOC(=O)C1=C(C)N=c2s/c(=C3\C(=O)Nc4ccccc43)c(=O)n2[C@@H]1c1ccccc1. The molecule has 0 bridgehead atoms. The van der Waals surface area contributed by atoms with Gasteiger partial charge in [0, 0.05) is 11.3 Å². The molecule has 3 heterocycles.